The van der Waals surface area contributed by atoms with E-state index in [0.29, 0.717) is 18.5 Å². The number of carbonyl (C=O) groups is 3. The third-order valence-electron chi connectivity index (χ3n) is 4.99. The van der Waals surface area contributed by atoms with Gasteiger partial charge in [0.15, 0.2) is 0 Å². The molecule has 7 nitrogen and oxygen atoms in total. The Labute approximate surface area is 145 Å². The van der Waals surface area contributed by atoms with Crippen molar-refractivity contribution < 1.29 is 24.2 Å². The molecule has 1 unspecified atom stereocenters. The molecule has 1 aromatic rings. The zero-order chi connectivity index (χ0) is 18.2. The van der Waals surface area contributed by atoms with Crippen molar-refractivity contribution in [3.05, 3.63) is 35.4 Å². The van der Waals surface area contributed by atoms with E-state index in [1.54, 1.807) is 29.8 Å². The average molecular weight is 346 g/mol. The third-order valence-corrected chi connectivity index (χ3v) is 4.99. The fourth-order valence-electron chi connectivity index (χ4n) is 3.76. The molecule has 1 amide bonds. The quantitative estimate of drug-likeness (QED) is 0.640. The van der Waals surface area contributed by atoms with Crippen LogP contribution in [0.25, 0.3) is 0 Å². The van der Waals surface area contributed by atoms with Crippen molar-refractivity contribution in [3.8, 4) is 0 Å². The number of hydrogen-bond acceptors (Lipinski definition) is 5. The predicted molar refractivity (Wildman–Crippen MR) is 89.1 cm³/mol. The number of aromatic nitrogens is 1. The molecular weight excluding hydrogens is 324 g/mol. The normalized spacial score (nSPS) is 19.7. The first-order chi connectivity index (χ1) is 11.9. The van der Waals surface area contributed by atoms with E-state index in [9.17, 15) is 19.5 Å². The van der Waals surface area contributed by atoms with E-state index in [0.717, 1.165) is 12.8 Å². The molecule has 1 fully saturated rings. The Balaban J connectivity index is 1.95. The maximum absolute atomic E-state index is 12.7. The first-order valence-electron chi connectivity index (χ1n) is 8.56. The van der Waals surface area contributed by atoms with Crippen molar-refractivity contribution in [2.24, 2.45) is 0 Å². The van der Waals surface area contributed by atoms with Crippen molar-refractivity contribution in [3.63, 3.8) is 0 Å². The van der Waals surface area contributed by atoms with Gasteiger partial charge in [0, 0.05) is 6.20 Å². The number of carbonyl (C=O) groups excluding carboxylic acids is 3. The Bertz CT molecular complexity index is 755. The van der Waals surface area contributed by atoms with E-state index < -0.39 is 29.2 Å². The monoisotopic (exact) mass is 346 g/mol. The Morgan fingerprint density at radius 3 is 2.72 bits per heavy atom. The van der Waals surface area contributed by atoms with Crippen LogP contribution in [0, 0.1) is 0 Å². The van der Waals surface area contributed by atoms with Crippen LogP contribution < -0.4 is 5.32 Å². The number of ether oxygens (including phenoxy) is 1. The second-order valence-corrected chi connectivity index (χ2v) is 6.50. The van der Waals surface area contributed by atoms with E-state index in [1.807, 2.05) is 0 Å². The molecule has 7 heteroatoms. The number of hydrogen-bond donors (Lipinski definition) is 2. The second-order valence-electron chi connectivity index (χ2n) is 6.50. The summed E-state index contributed by atoms with van der Waals surface area (Å²) in [6.07, 6.45) is 4.91. The summed E-state index contributed by atoms with van der Waals surface area (Å²) in [6.45, 7) is 3.35. The SMILES string of the molecule is CCOC(=O)C(C)NC(=O)C1=C(O)C2(CCCC2)n2cccc2C1=O. The van der Waals surface area contributed by atoms with E-state index in [2.05, 4.69) is 5.32 Å². The van der Waals surface area contributed by atoms with E-state index in [1.165, 1.54) is 6.92 Å². The van der Waals surface area contributed by atoms with Crippen LogP contribution in [0.5, 0.6) is 0 Å². The maximum Gasteiger partial charge on any atom is 0.328 e. The molecule has 3 rings (SSSR count). The van der Waals surface area contributed by atoms with Gasteiger partial charge in [-0.15, -0.1) is 0 Å². The van der Waals surface area contributed by atoms with Crippen LogP contribution in [0.3, 0.4) is 0 Å². The lowest BCUT2D eigenvalue weighted by Gasteiger charge is -2.36. The largest absolute Gasteiger partial charge is 0.509 e. The molecule has 2 N–H and O–H groups in total. The van der Waals surface area contributed by atoms with Crippen LogP contribution in [-0.2, 0) is 19.9 Å². The van der Waals surface area contributed by atoms with Gasteiger partial charge < -0.3 is 19.7 Å². The zero-order valence-electron chi connectivity index (χ0n) is 14.4. The molecule has 25 heavy (non-hydrogen) atoms. The number of nitrogens with zero attached hydrogens (tertiary/aromatic N) is 1. The van der Waals surface area contributed by atoms with Gasteiger partial charge in [0.25, 0.3) is 5.91 Å². The number of ketones is 1. The lowest BCUT2D eigenvalue weighted by molar-refractivity contribution is -0.146. The Morgan fingerprint density at radius 2 is 2.08 bits per heavy atom. The maximum atomic E-state index is 12.7. The number of amides is 1. The fourth-order valence-corrected chi connectivity index (χ4v) is 3.76. The summed E-state index contributed by atoms with van der Waals surface area (Å²) in [5, 5.41) is 13.3. The van der Waals surface area contributed by atoms with Crippen LogP contribution >= 0.6 is 0 Å². The molecule has 1 aromatic heterocycles. The van der Waals surface area contributed by atoms with Gasteiger partial charge in [-0.1, -0.05) is 12.8 Å². The minimum atomic E-state index is -0.909. The Kier molecular flexibility index (Phi) is 4.41. The second kappa shape index (κ2) is 6.38. The fraction of sp³-hybridized carbons (Fsp3) is 0.500. The molecule has 1 saturated carbocycles. The molecule has 2 heterocycles. The molecule has 1 atom stereocenters. The number of aliphatic hydroxyl groups is 1. The Hall–Kier alpha value is -2.57. The Morgan fingerprint density at radius 1 is 1.40 bits per heavy atom. The van der Waals surface area contributed by atoms with Crippen molar-refractivity contribution >= 4 is 17.7 Å². The smallest absolute Gasteiger partial charge is 0.328 e. The highest BCUT2D eigenvalue weighted by atomic mass is 16.5. The van der Waals surface area contributed by atoms with Crippen LogP contribution in [-0.4, -0.2) is 40.0 Å². The first kappa shape index (κ1) is 17.3. The number of nitrogens with one attached hydrogen (secondary N) is 1. The van der Waals surface area contributed by atoms with Gasteiger partial charge in [-0.25, -0.2) is 4.79 Å². The molecule has 0 bridgehead atoms. The molecule has 0 saturated heterocycles. The van der Waals surface area contributed by atoms with Crippen LogP contribution in [0.1, 0.15) is 50.0 Å². The number of rotatable bonds is 4. The topological polar surface area (TPSA) is 97.6 Å². The minimum Gasteiger partial charge on any atom is -0.509 e. The number of fused-ring (bicyclic) bond motifs is 2. The van der Waals surface area contributed by atoms with Crippen LogP contribution in [0.15, 0.2) is 29.7 Å². The van der Waals surface area contributed by atoms with Crippen molar-refractivity contribution in [2.75, 3.05) is 6.61 Å². The number of esters is 1. The van der Waals surface area contributed by atoms with E-state index in [-0.39, 0.29) is 17.9 Å². The van der Waals surface area contributed by atoms with Crippen molar-refractivity contribution in [1.29, 1.82) is 0 Å². The standard InChI is InChI=1S/C18H22N2O5/c1-3-25-17(24)11(2)19-16(23)13-14(21)12-7-6-10-20(12)18(15(13)22)8-4-5-9-18/h6-7,10-11,22H,3-5,8-9H2,1-2H3,(H,19,23). The molecule has 0 aromatic carbocycles. The summed E-state index contributed by atoms with van der Waals surface area (Å²) in [5.41, 5.74) is -0.634. The summed E-state index contributed by atoms with van der Waals surface area (Å²) in [6, 6.07) is 2.48. The molecule has 2 aliphatic rings. The molecule has 0 radical (unpaired) electrons. The van der Waals surface area contributed by atoms with Gasteiger partial charge in [-0.3, -0.25) is 9.59 Å². The van der Waals surface area contributed by atoms with Gasteiger partial charge in [0.05, 0.1) is 12.3 Å². The highest BCUT2D eigenvalue weighted by molar-refractivity contribution is 6.26. The van der Waals surface area contributed by atoms with E-state index >= 15 is 0 Å². The van der Waals surface area contributed by atoms with Crippen LogP contribution in [0.4, 0.5) is 0 Å². The molecule has 1 aliphatic heterocycles. The average Bonchev–Trinajstić information content (AvgIpc) is 3.24. The predicted octanol–water partition coefficient (Wildman–Crippen LogP) is 1.83. The van der Waals surface area contributed by atoms with Crippen LogP contribution in [0.2, 0.25) is 0 Å². The highest BCUT2D eigenvalue weighted by Crippen LogP contribution is 2.46. The highest BCUT2D eigenvalue weighted by Gasteiger charge is 2.48. The van der Waals surface area contributed by atoms with Gasteiger partial charge in [0.1, 0.15) is 22.9 Å². The molecular formula is C18H22N2O5. The summed E-state index contributed by atoms with van der Waals surface area (Å²) < 4.78 is 6.64. The van der Waals surface area contributed by atoms with E-state index in [4.69, 9.17) is 4.74 Å². The molecule has 1 spiro atoms. The van der Waals surface area contributed by atoms with Crippen molar-refractivity contribution in [1.82, 2.24) is 9.88 Å². The summed E-state index contributed by atoms with van der Waals surface area (Å²) in [4.78, 5) is 37.1. The van der Waals surface area contributed by atoms with Gasteiger partial charge in [-0.05, 0) is 38.8 Å². The number of allylic oxidation sites excluding steroid dienone is 1. The van der Waals surface area contributed by atoms with Gasteiger partial charge in [0.2, 0.25) is 5.78 Å². The number of aliphatic hydroxyl groups excluding tert-OH is 1. The first-order valence-corrected chi connectivity index (χ1v) is 8.56. The number of Topliss-reactive ketones (excluding diaryl/α,β-unsaturated/α-hetero) is 1. The zero-order valence-corrected chi connectivity index (χ0v) is 14.4. The van der Waals surface area contributed by atoms with Gasteiger partial charge >= 0.3 is 5.97 Å². The van der Waals surface area contributed by atoms with Gasteiger partial charge in [-0.2, -0.15) is 0 Å². The summed E-state index contributed by atoms with van der Waals surface area (Å²) in [5.74, 6) is -2.07. The molecule has 134 valence electrons. The third kappa shape index (κ3) is 2.63. The minimum absolute atomic E-state index is 0.197. The summed E-state index contributed by atoms with van der Waals surface area (Å²) in [7, 11) is 0. The molecule has 1 aliphatic carbocycles. The van der Waals surface area contributed by atoms with Crippen molar-refractivity contribution in [2.45, 2.75) is 51.1 Å². The lowest BCUT2D eigenvalue weighted by Crippen LogP contribution is -2.46. The summed E-state index contributed by atoms with van der Waals surface area (Å²) >= 11 is 0. The lowest BCUT2D eigenvalue weighted by atomic mass is 9.85.